The minimum Gasteiger partial charge on any atom is -0.391 e. The van der Waals surface area contributed by atoms with Crippen molar-refractivity contribution in [3.63, 3.8) is 0 Å². The Kier molecular flexibility index (Phi) is 5.51. The van der Waals surface area contributed by atoms with E-state index >= 15 is 0 Å². The summed E-state index contributed by atoms with van der Waals surface area (Å²) in [4.78, 5) is 5.58. The van der Waals surface area contributed by atoms with Crippen molar-refractivity contribution in [3.8, 4) is 0 Å². The van der Waals surface area contributed by atoms with Crippen molar-refractivity contribution in [1.29, 1.82) is 0 Å². The summed E-state index contributed by atoms with van der Waals surface area (Å²) in [5, 5.41) is 9.07. The zero-order valence-electron chi connectivity index (χ0n) is 11.8. The van der Waals surface area contributed by atoms with Gasteiger partial charge < -0.3 is 9.67 Å². The fourth-order valence-electron chi connectivity index (χ4n) is 1.99. The number of rotatable bonds is 8. The summed E-state index contributed by atoms with van der Waals surface area (Å²) in [5.74, 6) is 0. The minimum absolute atomic E-state index is 0.133. The molecule has 2 aromatic rings. The summed E-state index contributed by atoms with van der Waals surface area (Å²) in [6.45, 7) is 2.85. The topological polar surface area (TPSA) is 84.2 Å². The van der Waals surface area contributed by atoms with Gasteiger partial charge in [0.05, 0.1) is 17.8 Å². The molecule has 116 valence electrons. The molecule has 0 saturated carbocycles. The third-order valence-electron chi connectivity index (χ3n) is 3.06. The number of aliphatic hydroxyl groups is 1. The van der Waals surface area contributed by atoms with E-state index in [1.165, 1.54) is 17.4 Å². The van der Waals surface area contributed by atoms with Gasteiger partial charge in [-0.3, -0.25) is 0 Å². The van der Waals surface area contributed by atoms with E-state index in [0.29, 0.717) is 16.3 Å². The number of unbranched alkanes of at least 4 members (excludes halogenated alkanes) is 1. The van der Waals surface area contributed by atoms with Crippen LogP contribution in [0.4, 0.5) is 0 Å². The molecule has 0 spiro atoms. The van der Waals surface area contributed by atoms with E-state index in [9.17, 15) is 8.42 Å². The Morgan fingerprint density at radius 2 is 2.24 bits per heavy atom. The molecular weight excluding hydrogens is 310 g/mol. The summed E-state index contributed by atoms with van der Waals surface area (Å²) in [6.07, 6.45) is 6.99. The van der Waals surface area contributed by atoms with Crippen LogP contribution in [0.3, 0.4) is 0 Å². The van der Waals surface area contributed by atoms with Crippen molar-refractivity contribution < 1.29 is 13.5 Å². The third kappa shape index (κ3) is 4.37. The number of hydrogen-bond donors (Lipinski definition) is 2. The van der Waals surface area contributed by atoms with E-state index < -0.39 is 10.0 Å². The van der Waals surface area contributed by atoms with Crippen LogP contribution in [0.2, 0.25) is 0 Å². The lowest BCUT2D eigenvalue weighted by Gasteiger charge is -2.06. The van der Waals surface area contributed by atoms with Gasteiger partial charge in [0.25, 0.3) is 0 Å². The van der Waals surface area contributed by atoms with Crippen LogP contribution in [0, 0.1) is 6.92 Å². The first-order valence-electron chi connectivity index (χ1n) is 6.68. The summed E-state index contributed by atoms with van der Waals surface area (Å²) < 4.78 is 28.9. The van der Waals surface area contributed by atoms with Crippen LogP contribution in [0.1, 0.15) is 22.6 Å². The van der Waals surface area contributed by atoms with E-state index in [1.807, 2.05) is 10.8 Å². The van der Waals surface area contributed by atoms with Gasteiger partial charge in [-0.15, -0.1) is 11.3 Å². The van der Waals surface area contributed by atoms with Crippen LogP contribution in [-0.4, -0.2) is 29.6 Å². The highest BCUT2D eigenvalue weighted by molar-refractivity contribution is 7.89. The first-order chi connectivity index (χ1) is 10.0. The van der Waals surface area contributed by atoms with Crippen molar-refractivity contribution in [2.75, 3.05) is 6.54 Å². The number of aryl methyl sites for hydroxylation is 2. The molecule has 2 rings (SSSR count). The second-order valence-electron chi connectivity index (χ2n) is 4.70. The predicted octanol–water partition coefficient (Wildman–Crippen LogP) is 1.50. The fourth-order valence-corrected chi connectivity index (χ4v) is 4.56. The van der Waals surface area contributed by atoms with Crippen molar-refractivity contribution in [3.05, 3.63) is 34.5 Å². The van der Waals surface area contributed by atoms with Gasteiger partial charge in [-0.1, -0.05) is 0 Å². The Morgan fingerprint density at radius 3 is 2.86 bits per heavy atom. The molecule has 0 atom stereocenters. The molecule has 0 unspecified atom stereocenters. The molecule has 0 aliphatic rings. The summed E-state index contributed by atoms with van der Waals surface area (Å²) in [7, 11) is -3.48. The standard InChI is InChI=1S/C13H19N3O3S2/c1-11-13(8-12(9-17)20-11)21(18,19)15-4-2-3-6-16-7-5-14-10-16/h5,7-8,10,15,17H,2-4,6,9H2,1H3. The van der Waals surface area contributed by atoms with Gasteiger partial charge in [0, 0.05) is 35.2 Å². The highest BCUT2D eigenvalue weighted by atomic mass is 32.2. The summed E-state index contributed by atoms with van der Waals surface area (Å²) in [6, 6.07) is 1.54. The maximum atomic E-state index is 12.2. The molecule has 0 bridgehead atoms. The van der Waals surface area contributed by atoms with Crippen LogP contribution < -0.4 is 4.72 Å². The van der Waals surface area contributed by atoms with E-state index in [-0.39, 0.29) is 11.5 Å². The predicted molar refractivity (Wildman–Crippen MR) is 81.6 cm³/mol. The minimum atomic E-state index is -3.48. The lowest BCUT2D eigenvalue weighted by atomic mass is 10.3. The van der Waals surface area contributed by atoms with E-state index in [1.54, 1.807) is 19.4 Å². The number of imidazole rings is 1. The zero-order chi connectivity index (χ0) is 15.3. The average Bonchev–Trinajstić information content (AvgIpc) is 3.07. The maximum Gasteiger partial charge on any atom is 0.241 e. The number of nitrogens with zero attached hydrogens (tertiary/aromatic N) is 2. The smallest absolute Gasteiger partial charge is 0.241 e. The molecule has 0 aromatic carbocycles. The summed E-state index contributed by atoms with van der Waals surface area (Å²) in [5.41, 5.74) is 0. The Balaban J connectivity index is 1.82. The molecule has 2 heterocycles. The lowest BCUT2D eigenvalue weighted by molar-refractivity contribution is 0.285. The zero-order valence-corrected chi connectivity index (χ0v) is 13.5. The van der Waals surface area contributed by atoms with Crippen molar-refractivity contribution in [2.24, 2.45) is 0 Å². The maximum absolute atomic E-state index is 12.2. The molecule has 0 fully saturated rings. The molecule has 0 amide bonds. The van der Waals surface area contributed by atoms with Crippen molar-refractivity contribution >= 4 is 21.4 Å². The molecule has 0 aliphatic heterocycles. The number of hydrogen-bond acceptors (Lipinski definition) is 5. The molecule has 21 heavy (non-hydrogen) atoms. The van der Waals surface area contributed by atoms with Crippen LogP contribution in [-0.2, 0) is 23.2 Å². The first-order valence-corrected chi connectivity index (χ1v) is 8.98. The molecule has 2 N–H and O–H groups in total. The van der Waals surface area contributed by atoms with E-state index in [4.69, 9.17) is 5.11 Å². The average molecular weight is 329 g/mol. The number of aromatic nitrogens is 2. The van der Waals surface area contributed by atoms with Gasteiger partial charge in [0.2, 0.25) is 10.0 Å². The molecular formula is C13H19N3O3S2. The van der Waals surface area contributed by atoms with Gasteiger partial charge in [0.15, 0.2) is 0 Å². The van der Waals surface area contributed by atoms with Crippen molar-refractivity contribution in [2.45, 2.75) is 37.8 Å². The SMILES string of the molecule is Cc1sc(CO)cc1S(=O)(=O)NCCCCn1ccnc1. The molecule has 6 nitrogen and oxygen atoms in total. The van der Waals surface area contributed by atoms with E-state index in [0.717, 1.165) is 19.4 Å². The molecule has 0 aliphatic carbocycles. The largest absolute Gasteiger partial charge is 0.391 e. The monoisotopic (exact) mass is 329 g/mol. The van der Waals surface area contributed by atoms with Crippen LogP contribution in [0.5, 0.6) is 0 Å². The van der Waals surface area contributed by atoms with Crippen LogP contribution in [0.25, 0.3) is 0 Å². The molecule has 0 saturated heterocycles. The normalized spacial score (nSPS) is 11.9. The number of sulfonamides is 1. The molecule has 0 radical (unpaired) electrons. The third-order valence-corrected chi connectivity index (χ3v) is 5.81. The first kappa shape index (κ1) is 16.2. The van der Waals surface area contributed by atoms with E-state index in [2.05, 4.69) is 9.71 Å². The Hall–Kier alpha value is -1.22. The van der Waals surface area contributed by atoms with Gasteiger partial charge in [-0.05, 0) is 25.8 Å². The summed E-state index contributed by atoms with van der Waals surface area (Å²) >= 11 is 1.30. The second-order valence-corrected chi connectivity index (χ2v) is 7.77. The quantitative estimate of drug-likeness (QED) is 0.719. The number of nitrogens with one attached hydrogen (secondary N) is 1. The lowest BCUT2D eigenvalue weighted by Crippen LogP contribution is -2.25. The number of thiophene rings is 1. The Morgan fingerprint density at radius 1 is 1.43 bits per heavy atom. The van der Waals surface area contributed by atoms with Crippen molar-refractivity contribution in [1.82, 2.24) is 14.3 Å². The highest BCUT2D eigenvalue weighted by Gasteiger charge is 2.19. The van der Waals surface area contributed by atoms with Gasteiger partial charge in [-0.2, -0.15) is 0 Å². The highest BCUT2D eigenvalue weighted by Crippen LogP contribution is 2.25. The number of aliphatic hydroxyl groups excluding tert-OH is 1. The van der Waals surface area contributed by atoms with Crippen LogP contribution >= 0.6 is 11.3 Å². The van der Waals surface area contributed by atoms with Gasteiger partial charge >= 0.3 is 0 Å². The Bertz CT molecular complexity index is 663. The van der Waals surface area contributed by atoms with Crippen LogP contribution in [0.15, 0.2) is 29.7 Å². The second kappa shape index (κ2) is 7.17. The van der Waals surface area contributed by atoms with Gasteiger partial charge in [-0.25, -0.2) is 18.1 Å². The Labute approximate surface area is 128 Å². The molecule has 8 heteroatoms. The fraction of sp³-hybridized carbons (Fsp3) is 0.462. The van der Waals surface area contributed by atoms with Gasteiger partial charge in [0.1, 0.15) is 0 Å². The molecule has 2 aromatic heterocycles.